The monoisotopic (exact) mass is 417 g/mol. The Morgan fingerprint density at radius 2 is 2.00 bits per heavy atom. The highest BCUT2D eigenvalue weighted by Gasteiger charge is 2.14. The van der Waals surface area contributed by atoms with E-state index in [9.17, 15) is 14.3 Å². The first kappa shape index (κ1) is 20.8. The summed E-state index contributed by atoms with van der Waals surface area (Å²) < 4.78 is 26.0. The predicted octanol–water partition coefficient (Wildman–Crippen LogP) is 3.12. The van der Waals surface area contributed by atoms with Gasteiger partial charge in [0.15, 0.2) is 5.16 Å². The summed E-state index contributed by atoms with van der Waals surface area (Å²) in [6.07, 6.45) is 0.643. The van der Waals surface area contributed by atoms with Crippen molar-refractivity contribution in [1.82, 2.24) is 14.8 Å². The largest absolute Gasteiger partial charge is 0.491 e. The Bertz CT molecular complexity index is 949. The van der Waals surface area contributed by atoms with E-state index in [1.807, 2.05) is 0 Å². The van der Waals surface area contributed by atoms with Crippen molar-refractivity contribution < 1.29 is 23.8 Å². The summed E-state index contributed by atoms with van der Waals surface area (Å²) in [5, 5.41) is 18.5. The highest BCUT2D eigenvalue weighted by molar-refractivity contribution is 7.99. The third kappa shape index (κ3) is 5.55. The molecule has 0 aliphatic rings. The van der Waals surface area contributed by atoms with Crippen molar-refractivity contribution in [2.75, 3.05) is 19.0 Å². The van der Waals surface area contributed by atoms with Crippen LogP contribution in [0.2, 0.25) is 0 Å². The molecule has 3 rings (SSSR count). The summed E-state index contributed by atoms with van der Waals surface area (Å²) in [6, 6.07) is 12.8. The van der Waals surface area contributed by atoms with Crippen molar-refractivity contribution in [2.24, 2.45) is 0 Å². The number of ether oxygens (including phenoxy) is 2. The first-order chi connectivity index (χ1) is 14.1. The minimum Gasteiger partial charge on any atom is -0.491 e. The molecule has 0 bridgehead atoms. The van der Waals surface area contributed by atoms with Gasteiger partial charge in [-0.15, -0.1) is 10.2 Å². The van der Waals surface area contributed by atoms with Gasteiger partial charge >= 0.3 is 5.97 Å². The van der Waals surface area contributed by atoms with E-state index in [1.54, 1.807) is 49.4 Å². The maximum Gasteiger partial charge on any atom is 0.338 e. The van der Waals surface area contributed by atoms with Gasteiger partial charge in [-0.3, -0.25) is 4.57 Å². The molecule has 1 aromatic heterocycles. The number of esters is 1. The van der Waals surface area contributed by atoms with E-state index in [-0.39, 0.29) is 18.2 Å². The molecule has 3 aromatic rings. The molecule has 0 saturated heterocycles. The molecule has 0 fully saturated rings. The van der Waals surface area contributed by atoms with E-state index >= 15 is 0 Å². The van der Waals surface area contributed by atoms with Gasteiger partial charge in [-0.05, 0) is 43.3 Å². The van der Waals surface area contributed by atoms with E-state index in [2.05, 4.69) is 10.2 Å². The third-order valence-corrected chi connectivity index (χ3v) is 4.93. The van der Waals surface area contributed by atoms with Crippen molar-refractivity contribution in [1.29, 1.82) is 0 Å². The molecule has 0 aliphatic heterocycles. The third-order valence-electron chi connectivity index (χ3n) is 3.84. The van der Waals surface area contributed by atoms with Crippen LogP contribution in [0, 0.1) is 5.82 Å². The van der Waals surface area contributed by atoms with Crippen LogP contribution in [0.4, 0.5) is 4.39 Å². The van der Waals surface area contributed by atoms with Crippen molar-refractivity contribution >= 4 is 17.7 Å². The number of para-hydroxylation sites is 1. The number of aliphatic hydroxyl groups excluding tert-OH is 1. The first-order valence-corrected chi connectivity index (χ1v) is 9.92. The predicted molar refractivity (Wildman–Crippen MR) is 106 cm³/mol. The fourth-order valence-electron chi connectivity index (χ4n) is 2.45. The van der Waals surface area contributed by atoms with Gasteiger partial charge in [0.2, 0.25) is 0 Å². The SMILES string of the molecule is CCOC(=O)c1ccc(OC[C@H](O)CSc2nncn2-c2ccccc2F)cc1. The molecule has 0 saturated carbocycles. The van der Waals surface area contributed by atoms with Crippen molar-refractivity contribution in [3.8, 4) is 11.4 Å². The molecule has 0 unspecified atom stereocenters. The van der Waals surface area contributed by atoms with E-state index in [1.165, 1.54) is 28.7 Å². The van der Waals surface area contributed by atoms with Crippen molar-refractivity contribution in [3.05, 3.63) is 66.2 Å². The molecule has 1 heterocycles. The second kappa shape index (κ2) is 10.0. The Kier molecular flexibility index (Phi) is 7.20. The van der Waals surface area contributed by atoms with Crippen LogP contribution >= 0.6 is 11.8 Å². The van der Waals surface area contributed by atoms with Crippen LogP contribution < -0.4 is 4.74 Å². The number of aliphatic hydroxyl groups is 1. The zero-order valence-electron chi connectivity index (χ0n) is 15.7. The molecule has 0 spiro atoms. The molecular weight excluding hydrogens is 397 g/mol. The van der Waals surface area contributed by atoms with Gasteiger partial charge in [-0.1, -0.05) is 23.9 Å². The fourth-order valence-corrected chi connectivity index (χ4v) is 3.28. The lowest BCUT2D eigenvalue weighted by molar-refractivity contribution is 0.0526. The van der Waals surface area contributed by atoms with Crippen LogP contribution in [0.5, 0.6) is 5.75 Å². The maximum absolute atomic E-state index is 14.0. The molecule has 152 valence electrons. The number of benzene rings is 2. The van der Waals surface area contributed by atoms with Crippen LogP contribution in [0.1, 0.15) is 17.3 Å². The average Bonchev–Trinajstić information content (AvgIpc) is 3.20. The van der Waals surface area contributed by atoms with Crippen LogP contribution in [0.15, 0.2) is 60.0 Å². The number of nitrogens with zero attached hydrogens (tertiary/aromatic N) is 3. The Morgan fingerprint density at radius 3 is 2.72 bits per heavy atom. The molecule has 1 N–H and O–H groups in total. The number of aromatic nitrogens is 3. The van der Waals surface area contributed by atoms with Gasteiger partial charge in [0.05, 0.1) is 24.0 Å². The van der Waals surface area contributed by atoms with Gasteiger partial charge < -0.3 is 14.6 Å². The Balaban J connectivity index is 1.51. The number of carbonyl (C=O) groups excluding carboxylic acids is 1. The molecule has 0 amide bonds. The number of halogens is 1. The molecule has 2 aromatic carbocycles. The number of hydrogen-bond acceptors (Lipinski definition) is 7. The highest BCUT2D eigenvalue weighted by Crippen LogP contribution is 2.22. The van der Waals surface area contributed by atoms with Gasteiger partial charge in [0.1, 0.15) is 24.5 Å². The molecule has 0 radical (unpaired) electrons. The average molecular weight is 417 g/mol. The number of thioether (sulfide) groups is 1. The second-order valence-electron chi connectivity index (χ2n) is 5.96. The second-order valence-corrected chi connectivity index (χ2v) is 6.94. The summed E-state index contributed by atoms with van der Waals surface area (Å²) >= 11 is 1.24. The molecule has 7 nitrogen and oxygen atoms in total. The number of hydrogen-bond donors (Lipinski definition) is 1. The lowest BCUT2D eigenvalue weighted by atomic mass is 10.2. The highest BCUT2D eigenvalue weighted by atomic mass is 32.2. The molecule has 29 heavy (non-hydrogen) atoms. The normalized spacial score (nSPS) is 11.8. The first-order valence-electron chi connectivity index (χ1n) is 8.94. The minimum absolute atomic E-state index is 0.0551. The molecule has 0 aliphatic carbocycles. The van der Waals surface area contributed by atoms with Crippen LogP contribution in [-0.4, -0.2) is 50.9 Å². The standard InChI is InChI=1S/C20H20FN3O4S/c1-2-27-19(26)14-7-9-16(10-8-14)28-11-15(25)12-29-20-23-22-13-24(20)18-6-4-3-5-17(18)21/h3-10,13,15,25H,2,11-12H2,1H3/t15-/m0/s1. The van der Waals surface area contributed by atoms with Crippen molar-refractivity contribution in [3.63, 3.8) is 0 Å². The smallest absolute Gasteiger partial charge is 0.338 e. The Hall–Kier alpha value is -2.91. The lowest BCUT2D eigenvalue weighted by Gasteiger charge is -2.13. The molecule has 9 heteroatoms. The summed E-state index contributed by atoms with van der Waals surface area (Å²) in [6.45, 7) is 2.11. The number of rotatable bonds is 9. The zero-order chi connectivity index (χ0) is 20.6. The van der Waals surface area contributed by atoms with E-state index in [0.29, 0.717) is 28.8 Å². The summed E-state index contributed by atoms with van der Waals surface area (Å²) in [4.78, 5) is 11.6. The van der Waals surface area contributed by atoms with Crippen LogP contribution in [0.3, 0.4) is 0 Å². The van der Waals surface area contributed by atoms with Crippen LogP contribution in [0.25, 0.3) is 5.69 Å². The lowest BCUT2D eigenvalue weighted by Crippen LogP contribution is -2.20. The number of carbonyl (C=O) groups is 1. The summed E-state index contributed by atoms with van der Waals surface area (Å²) in [5.41, 5.74) is 0.773. The summed E-state index contributed by atoms with van der Waals surface area (Å²) in [5.74, 6) is 0.0315. The minimum atomic E-state index is -0.782. The van der Waals surface area contributed by atoms with Gasteiger partial charge in [0, 0.05) is 5.75 Å². The van der Waals surface area contributed by atoms with E-state index in [0.717, 1.165) is 0 Å². The Labute approximate surface area is 171 Å². The zero-order valence-corrected chi connectivity index (χ0v) is 16.5. The fraction of sp³-hybridized carbons (Fsp3) is 0.250. The van der Waals surface area contributed by atoms with Crippen LogP contribution in [-0.2, 0) is 4.74 Å². The van der Waals surface area contributed by atoms with Gasteiger partial charge in [-0.25, -0.2) is 9.18 Å². The molecular formula is C20H20FN3O4S. The van der Waals surface area contributed by atoms with Gasteiger partial charge in [0.25, 0.3) is 0 Å². The summed E-state index contributed by atoms with van der Waals surface area (Å²) in [7, 11) is 0. The molecule has 1 atom stereocenters. The van der Waals surface area contributed by atoms with Gasteiger partial charge in [-0.2, -0.15) is 0 Å². The van der Waals surface area contributed by atoms with Crippen molar-refractivity contribution in [2.45, 2.75) is 18.2 Å². The quantitative estimate of drug-likeness (QED) is 0.423. The topological polar surface area (TPSA) is 86.5 Å². The van der Waals surface area contributed by atoms with E-state index in [4.69, 9.17) is 9.47 Å². The van der Waals surface area contributed by atoms with E-state index < -0.39 is 12.1 Å². The Morgan fingerprint density at radius 1 is 1.24 bits per heavy atom. The maximum atomic E-state index is 14.0.